The van der Waals surface area contributed by atoms with Crippen LogP contribution < -0.4 is 10.1 Å². The zero-order valence-electron chi connectivity index (χ0n) is 23.7. The lowest BCUT2D eigenvalue weighted by Crippen LogP contribution is -2.54. The molecule has 2 amide bonds. The van der Waals surface area contributed by atoms with E-state index in [4.69, 9.17) is 9.26 Å². The zero-order valence-corrected chi connectivity index (χ0v) is 23.7. The molecule has 1 aliphatic heterocycles. The number of ether oxygens (including phenoxy) is 1. The SMILES string of the molecule is Cc1c(-c2noc(-c3ccc(OC(C)C)c(C#N)c3)n2)ccc2c1CCN(C(=O)C(NC(=O)O)C(C)(C)C)CC2. The van der Waals surface area contributed by atoms with E-state index in [1.54, 1.807) is 23.1 Å². The lowest BCUT2D eigenvalue weighted by atomic mass is 9.86. The van der Waals surface area contributed by atoms with E-state index in [9.17, 15) is 20.0 Å². The summed E-state index contributed by atoms with van der Waals surface area (Å²) < 4.78 is 11.3. The average molecular weight is 546 g/mol. The highest BCUT2D eigenvalue weighted by atomic mass is 16.5. The molecule has 4 rings (SSSR count). The quantitative estimate of drug-likeness (QED) is 0.442. The van der Waals surface area contributed by atoms with E-state index in [-0.39, 0.29) is 12.0 Å². The average Bonchev–Trinajstić information content (AvgIpc) is 3.26. The molecule has 0 spiro atoms. The second-order valence-electron chi connectivity index (χ2n) is 11.4. The van der Waals surface area contributed by atoms with Crippen LogP contribution in [0.15, 0.2) is 34.9 Å². The molecule has 1 aliphatic rings. The lowest BCUT2D eigenvalue weighted by Gasteiger charge is -2.33. The fourth-order valence-corrected chi connectivity index (χ4v) is 4.98. The van der Waals surface area contributed by atoms with E-state index in [0.717, 1.165) is 22.3 Å². The topological polar surface area (TPSA) is 142 Å². The molecule has 0 saturated heterocycles. The Kier molecular flexibility index (Phi) is 8.14. The largest absolute Gasteiger partial charge is 0.490 e. The van der Waals surface area contributed by atoms with Crippen LogP contribution in [0.4, 0.5) is 4.79 Å². The number of rotatable bonds is 6. The highest BCUT2D eigenvalue weighted by molar-refractivity contribution is 5.86. The minimum Gasteiger partial charge on any atom is -0.490 e. The third kappa shape index (κ3) is 6.09. The van der Waals surface area contributed by atoms with Crippen molar-refractivity contribution >= 4 is 12.0 Å². The van der Waals surface area contributed by atoms with Gasteiger partial charge in [0.2, 0.25) is 11.7 Å². The third-order valence-corrected chi connectivity index (χ3v) is 7.05. The molecular formula is C30H35N5O5. The van der Waals surface area contributed by atoms with Gasteiger partial charge in [0.25, 0.3) is 5.89 Å². The first-order valence-corrected chi connectivity index (χ1v) is 13.3. The van der Waals surface area contributed by atoms with Crippen LogP contribution in [-0.4, -0.2) is 57.4 Å². The fraction of sp³-hybridized carbons (Fsp3) is 0.433. The molecule has 210 valence electrons. The van der Waals surface area contributed by atoms with Gasteiger partial charge in [0.15, 0.2) is 0 Å². The first-order valence-electron chi connectivity index (χ1n) is 13.3. The molecule has 0 fully saturated rings. The van der Waals surface area contributed by atoms with Gasteiger partial charge in [-0.15, -0.1) is 0 Å². The third-order valence-electron chi connectivity index (χ3n) is 7.05. The van der Waals surface area contributed by atoms with Gasteiger partial charge in [0, 0.05) is 24.2 Å². The van der Waals surface area contributed by atoms with Crippen LogP contribution in [0, 0.1) is 23.7 Å². The number of nitriles is 1. The maximum absolute atomic E-state index is 13.4. The van der Waals surface area contributed by atoms with Crippen LogP contribution in [0.25, 0.3) is 22.8 Å². The van der Waals surface area contributed by atoms with Gasteiger partial charge in [0.1, 0.15) is 17.9 Å². The first-order chi connectivity index (χ1) is 18.9. The number of carbonyl (C=O) groups is 2. The van der Waals surface area contributed by atoms with Gasteiger partial charge < -0.3 is 24.6 Å². The Hall–Kier alpha value is -4.39. The molecule has 0 bridgehead atoms. The summed E-state index contributed by atoms with van der Waals surface area (Å²) in [6.07, 6.45) is 0.00884. The summed E-state index contributed by atoms with van der Waals surface area (Å²) in [6.45, 7) is 12.3. The van der Waals surface area contributed by atoms with Crippen molar-refractivity contribution in [2.24, 2.45) is 5.41 Å². The van der Waals surface area contributed by atoms with Gasteiger partial charge in [-0.3, -0.25) is 4.79 Å². The number of nitrogens with one attached hydrogen (secondary N) is 1. The van der Waals surface area contributed by atoms with Crippen molar-refractivity contribution in [3.63, 3.8) is 0 Å². The Balaban J connectivity index is 1.57. The summed E-state index contributed by atoms with van der Waals surface area (Å²) in [4.78, 5) is 31.1. The van der Waals surface area contributed by atoms with Crippen LogP contribution in [0.2, 0.25) is 0 Å². The van der Waals surface area contributed by atoms with Crippen LogP contribution in [-0.2, 0) is 17.6 Å². The monoisotopic (exact) mass is 545 g/mol. The van der Waals surface area contributed by atoms with Crippen LogP contribution in [0.1, 0.15) is 56.9 Å². The Morgan fingerprint density at radius 2 is 1.90 bits per heavy atom. The molecule has 0 saturated carbocycles. The van der Waals surface area contributed by atoms with Crippen molar-refractivity contribution in [1.82, 2.24) is 20.4 Å². The summed E-state index contributed by atoms with van der Waals surface area (Å²) in [5.41, 5.74) is 4.54. The number of hydrogen-bond acceptors (Lipinski definition) is 7. The van der Waals surface area contributed by atoms with Crippen LogP contribution in [0.3, 0.4) is 0 Å². The molecule has 1 atom stereocenters. The molecule has 40 heavy (non-hydrogen) atoms. The number of carbonyl (C=O) groups excluding carboxylic acids is 1. The van der Waals surface area contributed by atoms with E-state index in [2.05, 4.69) is 21.5 Å². The van der Waals surface area contributed by atoms with Crippen molar-refractivity contribution < 1.29 is 24.0 Å². The van der Waals surface area contributed by atoms with Crippen molar-refractivity contribution in [3.8, 4) is 34.7 Å². The Morgan fingerprint density at radius 1 is 1.18 bits per heavy atom. The first kappa shape index (κ1) is 28.6. The normalized spacial score (nSPS) is 14.2. The number of amides is 2. The summed E-state index contributed by atoms with van der Waals surface area (Å²) in [7, 11) is 0. The molecule has 1 aromatic heterocycles. The minimum atomic E-state index is -1.21. The number of fused-ring (bicyclic) bond motifs is 1. The van der Waals surface area contributed by atoms with Gasteiger partial charge in [-0.05, 0) is 73.9 Å². The Labute approximate surface area is 233 Å². The highest BCUT2D eigenvalue weighted by Crippen LogP contribution is 2.32. The Morgan fingerprint density at radius 3 is 2.55 bits per heavy atom. The van der Waals surface area contributed by atoms with Gasteiger partial charge in [0.05, 0.1) is 11.7 Å². The number of nitrogens with zero attached hydrogens (tertiary/aromatic N) is 4. The summed E-state index contributed by atoms with van der Waals surface area (Å²) >= 11 is 0. The number of carboxylic acid groups (broad SMARTS) is 1. The standard InChI is InChI=1S/C30H35N5O5/c1-17(2)39-24-10-8-20(15-21(24)16-31)27-33-26(34-40-27)23-9-7-19-11-13-35(14-12-22(19)18(23)3)28(36)25(30(4,5)6)32-29(37)38/h7-10,15,17,25,32H,11-14H2,1-6H3,(H,37,38). The molecule has 1 unspecified atom stereocenters. The van der Waals surface area contributed by atoms with E-state index < -0.39 is 17.6 Å². The molecule has 10 nitrogen and oxygen atoms in total. The smallest absolute Gasteiger partial charge is 0.405 e. The van der Waals surface area contributed by atoms with E-state index in [0.29, 0.717) is 54.5 Å². The van der Waals surface area contributed by atoms with Gasteiger partial charge >= 0.3 is 6.09 Å². The summed E-state index contributed by atoms with van der Waals surface area (Å²) in [6, 6.07) is 10.5. The lowest BCUT2D eigenvalue weighted by molar-refractivity contribution is -0.135. The van der Waals surface area contributed by atoms with Crippen LogP contribution in [0.5, 0.6) is 5.75 Å². The predicted molar refractivity (Wildman–Crippen MR) is 149 cm³/mol. The van der Waals surface area contributed by atoms with Crippen molar-refractivity contribution in [1.29, 1.82) is 5.26 Å². The van der Waals surface area contributed by atoms with Gasteiger partial charge in [-0.1, -0.05) is 38.1 Å². The second kappa shape index (κ2) is 11.4. The zero-order chi connectivity index (χ0) is 29.2. The number of aromatic nitrogens is 2. The molecule has 3 aromatic rings. The predicted octanol–water partition coefficient (Wildman–Crippen LogP) is 4.98. The molecule has 10 heteroatoms. The number of hydrogen-bond donors (Lipinski definition) is 2. The Bertz CT molecular complexity index is 1460. The maximum atomic E-state index is 13.4. The fourth-order valence-electron chi connectivity index (χ4n) is 4.98. The van der Waals surface area contributed by atoms with Crippen molar-refractivity contribution in [2.45, 2.75) is 66.5 Å². The maximum Gasteiger partial charge on any atom is 0.405 e. The second-order valence-corrected chi connectivity index (χ2v) is 11.4. The molecule has 2 N–H and O–H groups in total. The van der Waals surface area contributed by atoms with Crippen molar-refractivity contribution in [2.75, 3.05) is 13.1 Å². The summed E-state index contributed by atoms with van der Waals surface area (Å²) in [5.74, 6) is 1.02. The molecule has 2 aromatic carbocycles. The van der Waals surface area contributed by atoms with E-state index in [1.807, 2.05) is 53.7 Å². The number of benzene rings is 2. The molecule has 2 heterocycles. The van der Waals surface area contributed by atoms with E-state index in [1.165, 1.54) is 0 Å². The van der Waals surface area contributed by atoms with Crippen LogP contribution >= 0.6 is 0 Å². The minimum absolute atomic E-state index is 0.0596. The molecular weight excluding hydrogens is 510 g/mol. The van der Waals surface area contributed by atoms with Gasteiger partial charge in [-0.25, -0.2) is 4.79 Å². The van der Waals surface area contributed by atoms with Gasteiger partial charge in [-0.2, -0.15) is 10.2 Å². The highest BCUT2D eigenvalue weighted by Gasteiger charge is 2.36. The molecule has 0 aliphatic carbocycles. The summed E-state index contributed by atoms with van der Waals surface area (Å²) in [5, 5.41) is 25.5. The van der Waals surface area contributed by atoms with E-state index >= 15 is 0 Å². The van der Waals surface area contributed by atoms with Crippen molar-refractivity contribution in [3.05, 3.63) is 52.6 Å². The molecule has 0 radical (unpaired) electrons.